The third-order valence-corrected chi connectivity index (χ3v) is 2.89. The van der Waals surface area contributed by atoms with Crippen LogP contribution in [0.25, 0.3) is 0 Å². The van der Waals surface area contributed by atoms with Crippen LogP contribution in [0, 0.1) is 0 Å². The molecule has 0 aliphatic carbocycles. The van der Waals surface area contributed by atoms with Gasteiger partial charge in [-0.3, -0.25) is 10.1 Å². The number of carbonyl (C=O) groups excluding carboxylic acids is 2. The molecule has 0 aromatic rings. The van der Waals surface area contributed by atoms with Crippen molar-refractivity contribution in [2.45, 2.75) is 45.3 Å². The Labute approximate surface area is 108 Å². The van der Waals surface area contributed by atoms with Crippen LogP contribution >= 0.6 is 0 Å². The predicted octanol–water partition coefficient (Wildman–Crippen LogP) is 0.379. The molecular weight excluding hydrogens is 234 g/mol. The molecule has 0 saturated carbocycles. The van der Waals surface area contributed by atoms with Crippen LogP contribution in [-0.4, -0.2) is 43.8 Å². The summed E-state index contributed by atoms with van der Waals surface area (Å²) in [5, 5.41) is 7.87. The molecule has 1 saturated heterocycles. The summed E-state index contributed by atoms with van der Waals surface area (Å²) in [5.74, 6) is -0.322. The Morgan fingerprint density at radius 3 is 2.78 bits per heavy atom. The lowest BCUT2D eigenvalue weighted by atomic mass is 10.1. The third-order valence-electron chi connectivity index (χ3n) is 2.89. The zero-order valence-electron chi connectivity index (χ0n) is 11.1. The molecule has 1 heterocycles. The van der Waals surface area contributed by atoms with Crippen LogP contribution in [0.1, 0.15) is 33.1 Å². The van der Waals surface area contributed by atoms with Gasteiger partial charge in [0.15, 0.2) is 0 Å². The van der Waals surface area contributed by atoms with Crippen molar-refractivity contribution in [3.8, 4) is 0 Å². The van der Waals surface area contributed by atoms with E-state index in [4.69, 9.17) is 4.74 Å². The quantitative estimate of drug-likeness (QED) is 0.665. The van der Waals surface area contributed by atoms with Crippen LogP contribution in [0.5, 0.6) is 0 Å². The van der Waals surface area contributed by atoms with Crippen molar-refractivity contribution in [1.82, 2.24) is 16.0 Å². The van der Waals surface area contributed by atoms with E-state index >= 15 is 0 Å². The number of amides is 3. The van der Waals surface area contributed by atoms with Gasteiger partial charge >= 0.3 is 6.03 Å². The maximum Gasteiger partial charge on any atom is 0.321 e. The second-order valence-electron chi connectivity index (χ2n) is 4.47. The summed E-state index contributed by atoms with van der Waals surface area (Å²) in [6, 6.07) is -0.858. The molecule has 1 aliphatic rings. The molecule has 0 radical (unpaired) electrons. The molecule has 2 unspecified atom stereocenters. The Morgan fingerprint density at radius 1 is 1.39 bits per heavy atom. The van der Waals surface area contributed by atoms with Crippen molar-refractivity contribution in [1.29, 1.82) is 0 Å². The Balaban J connectivity index is 2.20. The molecule has 1 rings (SSSR count). The van der Waals surface area contributed by atoms with Gasteiger partial charge in [-0.15, -0.1) is 0 Å². The van der Waals surface area contributed by atoms with Gasteiger partial charge in [0.25, 0.3) is 0 Å². The second-order valence-corrected chi connectivity index (χ2v) is 4.47. The van der Waals surface area contributed by atoms with Gasteiger partial charge in [0.1, 0.15) is 0 Å². The topological polar surface area (TPSA) is 79.5 Å². The average molecular weight is 257 g/mol. The van der Waals surface area contributed by atoms with E-state index in [-0.39, 0.29) is 12.0 Å². The standard InChI is InChI=1S/C12H23N3O3/c1-3-13-12(17)15-11(16)9(2)14-8-10-6-4-5-7-18-10/h9-10,14H,3-8H2,1-2H3,(H2,13,15,16,17). The summed E-state index contributed by atoms with van der Waals surface area (Å²) < 4.78 is 5.55. The largest absolute Gasteiger partial charge is 0.377 e. The van der Waals surface area contributed by atoms with Crippen molar-refractivity contribution in [3.63, 3.8) is 0 Å². The number of ether oxygens (including phenoxy) is 1. The van der Waals surface area contributed by atoms with Gasteiger partial charge in [0.2, 0.25) is 5.91 Å². The van der Waals surface area contributed by atoms with Crippen molar-refractivity contribution in [2.75, 3.05) is 19.7 Å². The van der Waals surface area contributed by atoms with E-state index in [1.807, 2.05) is 0 Å². The maximum atomic E-state index is 11.6. The number of urea groups is 1. The Morgan fingerprint density at radius 2 is 2.17 bits per heavy atom. The minimum Gasteiger partial charge on any atom is -0.377 e. The molecular formula is C12H23N3O3. The molecule has 0 aromatic heterocycles. The van der Waals surface area contributed by atoms with Gasteiger partial charge in [-0.2, -0.15) is 0 Å². The summed E-state index contributed by atoms with van der Waals surface area (Å²) in [6.07, 6.45) is 3.49. The highest BCUT2D eigenvalue weighted by Gasteiger charge is 2.18. The van der Waals surface area contributed by atoms with Crippen molar-refractivity contribution in [3.05, 3.63) is 0 Å². The molecule has 2 atom stereocenters. The molecule has 1 aliphatic heterocycles. The van der Waals surface area contributed by atoms with Crippen molar-refractivity contribution >= 4 is 11.9 Å². The number of carbonyl (C=O) groups is 2. The zero-order chi connectivity index (χ0) is 13.4. The van der Waals surface area contributed by atoms with Gasteiger partial charge in [-0.25, -0.2) is 4.79 Å². The average Bonchev–Trinajstić information content (AvgIpc) is 2.37. The van der Waals surface area contributed by atoms with E-state index in [0.29, 0.717) is 13.1 Å². The van der Waals surface area contributed by atoms with E-state index in [1.165, 1.54) is 6.42 Å². The Bertz CT molecular complexity index is 278. The molecule has 104 valence electrons. The monoisotopic (exact) mass is 257 g/mol. The molecule has 0 spiro atoms. The number of nitrogens with one attached hydrogen (secondary N) is 3. The van der Waals surface area contributed by atoms with Crippen LogP contribution in [0.3, 0.4) is 0 Å². The lowest BCUT2D eigenvalue weighted by Crippen LogP contribution is -2.49. The van der Waals surface area contributed by atoms with Crippen LogP contribution in [-0.2, 0) is 9.53 Å². The van der Waals surface area contributed by atoms with Gasteiger partial charge < -0.3 is 15.4 Å². The lowest BCUT2D eigenvalue weighted by molar-refractivity contribution is -0.121. The maximum absolute atomic E-state index is 11.6. The van der Waals surface area contributed by atoms with E-state index in [1.54, 1.807) is 13.8 Å². The predicted molar refractivity (Wildman–Crippen MR) is 68.3 cm³/mol. The number of imide groups is 1. The van der Waals surface area contributed by atoms with E-state index < -0.39 is 12.1 Å². The zero-order valence-corrected chi connectivity index (χ0v) is 11.1. The minimum atomic E-state index is -0.454. The highest BCUT2D eigenvalue weighted by Crippen LogP contribution is 2.11. The molecule has 0 bridgehead atoms. The molecule has 6 nitrogen and oxygen atoms in total. The smallest absolute Gasteiger partial charge is 0.321 e. The van der Waals surface area contributed by atoms with Gasteiger partial charge in [0.05, 0.1) is 12.1 Å². The molecule has 3 N–H and O–H groups in total. The van der Waals surface area contributed by atoms with Crippen LogP contribution in [0.4, 0.5) is 4.79 Å². The summed E-state index contributed by atoms with van der Waals surface area (Å²) in [4.78, 5) is 22.8. The summed E-state index contributed by atoms with van der Waals surface area (Å²) in [7, 11) is 0. The first kappa shape index (κ1) is 14.9. The fourth-order valence-corrected chi connectivity index (χ4v) is 1.79. The summed E-state index contributed by atoms with van der Waals surface area (Å²) in [6.45, 7) is 5.47. The number of hydrogen-bond donors (Lipinski definition) is 3. The fourth-order valence-electron chi connectivity index (χ4n) is 1.79. The normalized spacial score (nSPS) is 21.1. The highest BCUT2D eigenvalue weighted by molar-refractivity contribution is 5.96. The molecule has 0 aromatic carbocycles. The number of hydrogen-bond acceptors (Lipinski definition) is 4. The first-order chi connectivity index (χ1) is 8.63. The van der Waals surface area contributed by atoms with E-state index in [9.17, 15) is 9.59 Å². The summed E-state index contributed by atoms with van der Waals surface area (Å²) in [5.41, 5.74) is 0. The molecule has 1 fully saturated rings. The van der Waals surface area contributed by atoms with Crippen LogP contribution in [0.2, 0.25) is 0 Å². The van der Waals surface area contributed by atoms with Crippen molar-refractivity contribution < 1.29 is 14.3 Å². The highest BCUT2D eigenvalue weighted by atomic mass is 16.5. The second kappa shape index (κ2) is 8.05. The van der Waals surface area contributed by atoms with Gasteiger partial charge in [-0.05, 0) is 33.1 Å². The van der Waals surface area contributed by atoms with Gasteiger partial charge in [0, 0.05) is 19.7 Å². The molecule has 6 heteroatoms. The SMILES string of the molecule is CCNC(=O)NC(=O)C(C)NCC1CCCCO1. The van der Waals surface area contributed by atoms with Crippen LogP contribution in [0.15, 0.2) is 0 Å². The first-order valence-corrected chi connectivity index (χ1v) is 6.57. The number of rotatable bonds is 5. The van der Waals surface area contributed by atoms with Crippen molar-refractivity contribution in [2.24, 2.45) is 0 Å². The molecule has 18 heavy (non-hydrogen) atoms. The molecule has 3 amide bonds. The van der Waals surface area contributed by atoms with E-state index in [2.05, 4.69) is 16.0 Å². The third kappa shape index (κ3) is 5.46. The van der Waals surface area contributed by atoms with Gasteiger partial charge in [-0.1, -0.05) is 0 Å². The first-order valence-electron chi connectivity index (χ1n) is 6.57. The Hall–Kier alpha value is -1.14. The summed E-state index contributed by atoms with van der Waals surface area (Å²) >= 11 is 0. The lowest BCUT2D eigenvalue weighted by Gasteiger charge is -2.24. The fraction of sp³-hybridized carbons (Fsp3) is 0.833. The van der Waals surface area contributed by atoms with E-state index in [0.717, 1.165) is 19.4 Å². The minimum absolute atomic E-state index is 0.179. The van der Waals surface area contributed by atoms with Crippen LogP contribution < -0.4 is 16.0 Å². The Kier molecular flexibility index (Phi) is 6.67.